The second-order valence-electron chi connectivity index (χ2n) is 6.63. The summed E-state index contributed by atoms with van der Waals surface area (Å²) in [5.41, 5.74) is 6.56. The molecular formula is C17H26N2O2. The van der Waals surface area contributed by atoms with Crippen LogP contribution in [0.4, 0.5) is 4.79 Å². The van der Waals surface area contributed by atoms with Crippen molar-refractivity contribution in [1.82, 2.24) is 5.32 Å². The maximum absolute atomic E-state index is 12.1. The molecule has 2 rings (SSSR count). The zero-order valence-electron chi connectivity index (χ0n) is 13.2. The molecule has 0 spiro atoms. The molecule has 0 aliphatic heterocycles. The van der Waals surface area contributed by atoms with E-state index >= 15 is 0 Å². The van der Waals surface area contributed by atoms with E-state index < -0.39 is 0 Å². The summed E-state index contributed by atoms with van der Waals surface area (Å²) >= 11 is 0. The van der Waals surface area contributed by atoms with Gasteiger partial charge >= 0.3 is 6.09 Å². The standard InChI is InChI=1S/C17H26N2O2/c1-13-9-10-17(12-18,16(13,2)3)19-15(20)21-11-14-7-5-4-6-8-14/h4-8,13H,9-12,18H2,1-3H3,(H,19,20)/t13-,17-/m0/s1. The monoisotopic (exact) mass is 290 g/mol. The molecule has 0 radical (unpaired) electrons. The number of benzene rings is 1. The SMILES string of the molecule is C[C@H]1CC[C@@](CN)(NC(=O)OCc2ccccc2)C1(C)C. The number of carbonyl (C=O) groups excluding carboxylic acids is 1. The van der Waals surface area contributed by atoms with Crippen LogP contribution in [-0.4, -0.2) is 18.2 Å². The topological polar surface area (TPSA) is 64.3 Å². The summed E-state index contributed by atoms with van der Waals surface area (Å²) in [5.74, 6) is 0.524. The molecule has 0 unspecified atom stereocenters. The van der Waals surface area contributed by atoms with E-state index in [0.29, 0.717) is 12.5 Å². The van der Waals surface area contributed by atoms with Gasteiger partial charge in [-0.05, 0) is 29.7 Å². The average molecular weight is 290 g/mol. The van der Waals surface area contributed by atoms with Gasteiger partial charge in [0, 0.05) is 6.54 Å². The van der Waals surface area contributed by atoms with Crippen molar-refractivity contribution in [2.75, 3.05) is 6.54 Å². The molecule has 0 aromatic heterocycles. The third-order valence-electron chi connectivity index (χ3n) is 5.37. The van der Waals surface area contributed by atoms with Gasteiger partial charge < -0.3 is 15.8 Å². The Hall–Kier alpha value is -1.55. The molecule has 0 saturated heterocycles. The molecule has 2 atom stereocenters. The van der Waals surface area contributed by atoms with Crippen LogP contribution >= 0.6 is 0 Å². The van der Waals surface area contributed by atoms with E-state index in [0.717, 1.165) is 18.4 Å². The second-order valence-corrected chi connectivity index (χ2v) is 6.63. The highest BCUT2D eigenvalue weighted by molar-refractivity contribution is 5.68. The lowest BCUT2D eigenvalue weighted by atomic mass is 9.71. The molecule has 116 valence electrons. The van der Waals surface area contributed by atoms with Gasteiger partial charge in [0.25, 0.3) is 0 Å². The van der Waals surface area contributed by atoms with Crippen molar-refractivity contribution in [1.29, 1.82) is 0 Å². The van der Waals surface area contributed by atoms with Crippen LogP contribution in [0.5, 0.6) is 0 Å². The van der Waals surface area contributed by atoms with Crippen LogP contribution in [0.15, 0.2) is 30.3 Å². The smallest absolute Gasteiger partial charge is 0.407 e. The minimum absolute atomic E-state index is 0.0342. The van der Waals surface area contributed by atoms with Gasteiger partial charge in [0.05, 0.1) is 5.54 Å². The molecule has 0 bridgehead atoms. The average Bonchev–Trinajstić information content (AvgIpc) is 2.70. The van der Waals surface area contributed by atoms with E-state index in [1.54, 1.807) is 0 Å². The number of nitrogens with one attached hydrogen (secondary N) is 1. The molecular weight excluding hydrogens is 264 g/mol. The van der Waals surface area contributed by atoms with E-state index in [-0.39, 0.29) is 23.7 Å². The molecule has 3 N–H and O–H groups in total. The zero-order valence-corrected chi connectivity index (χ0v) is 13.2. The van der Waals surface area contributed by atoms with Gasteiger partial charge in [-0.15, -0.1) is 0 Å². The Labute approximate surface area is 127 Å². The lowest BCUT2D eigenvalue weighted by Crippen LogP contribution is -2.60. The number of hydrogen-bond acceptors (Lipinski definition) is 3. The first-order chi connectivity index (χ1) is 9.91. The largest absolute Gasteiger partial charge is 0.445 e. The first-order valence-electron chi connectivity index (χ1n) is 7.60. The van der Waals surface area contributed by atoms with Crippen LogP contribution < -0.4 is 11.1 Å². The van der Waals surface area contributed by atoms with Gasteiger partial charge in [0.2, 0.25) is 0 Å². The highest BCUT2D eigenvalue weighted by Crippen LogP contribution is 2.49. The van der Waals surface area contributed by atoms with Gasteiger partial charge in [-0.3, -0.25) is 0 Å². The second kappa shape index (κ2) is 6.06. The zero-order chi connectivity index (χ0) is 15.5. The fourth-order valence-corrected chi connectivity index (χ4v) is 3.21. The molecule has 1 fully saturated rings. The maximum atomic E-state index is 12.1. The van der Waals surface area contributed by atoms with Gasteiger partial charge in [-0.2, -0.15) is 0 Å². The maximum Gasteiger partial charge on any atom is 0.407 e. The lowest BCUT2D eigenvalue weighted by Gasteiger charge is -2.43. The van der Waals surface area contributed by atoms with Crippen LogP contribution in [0.1, 0.15) is 39.2 Å². The Morgan fingerprint density at radius 3 is 2.57 bits per heavy atom. The van der Waals surface area contributed by atoms with Crippen LogP contribution in [-0.2, 0) is 11.3 Å². The van der Waals surface area contributed by atoms with Crippen molar-refractivity contribution in [3.05, 3.63) is 35.9 Å². The molecule has 4 nitrogen and oxygen atoms in total. The number of hydrogen-bond donors (Lipinski definition) is 2. The summed E-state index contributed by atoms with van der Waals surface area (Å²) < 4.78 is 5.34. The van der Waals surface area contributed by atoms with Crippen molar-refractivity contribution in [3.8, 4) is 0 Å². The van der Waals surface area contributed by atoms with E-state index in [4.69, 9.17) is 10.5 Å². The highest BCUT2D eigenvalue weighted by atomic mass is 16.5. The molecule has 4 heteroatoms. The Bertz CT molecular complexity index is 487. The van der Waals surface area contributed by atoms with Crippen LogP contribution in [0.3, 0.4) is 0 Å². The summed E-state index contributed by atoms with van der Waals surface area (Å²) in [7, 11) is 0. The van der Waals surface area contributed by atoms with Crippen molar-refractivity contribution >= 4 is 6.09 Å². The minimum atomic E-state index is -0.383. The summed E-state index contributed by atoms with van der Waals surface area (Å²) in [5, 5.41) is 3.05. The molecule has 1 saturated carbocycles. The van der Waals surface area contributed by atoms with Crippen LogP contribution in [0, 0.1) is 11.3 Å². The van der Waals surface area contributed by atoms with Gasteiger partial charge in [0.15, 0.2) is 0 Å². The third-order valence-corrected chi connectivity index (χ3v) is 5.37. The van der Waals surface area contributed by atoms with Crippen molar-refractivity contribution in [2.24, 2.45) is 17.1 Å². The number of nitrogens with two attached hydrogens (primary N) is 1. The number of ether oxygens (including phenoxy) is 1. The first kappa shape index (κ1) is 15.8. The molecule has 1 amide bonds. The third kappa shape index (κ3) is 3.05. The predicted molar refractivity (Wildman–Crippen MR) is 83.7 cm³/mol. The quantitative estimate of drug-likeness (QED) is 0.895. The predicted octanol–water partition coefficient (Wildman–Crippen LogP) is 3.07. The van der Waals surface area contributed by atoms with Crippen LogP contribution in [0.25, 0.3) is 0 Å². The summed E-state index contributed by atoms with van der Waals surface area (Å²) in [6, 6.07) is 9.68. The van der Waals surface area contributed by atoms with Crippen LogP contribution in [0.2, 0.25) is 0 Å². The van der Waals surface area contributed by atoms with Crippen molar-refractivity contribution in [2.45, 2.75) is 45.8 Å². The van der Waals surface area contributed by atoms with Gasteiger partial charge in [0.1, 0.15) is 6.61 Å². The summed E-state index contributed by atoms with van der Waals surface area (Å²) in [6.07, 6.45) is 1.59. The normalized spacial score (nSPS) is 27.3. The van der Waals surface area contributed by atoms with E-state index in [9.17, 15) is 4.79 Å². The van der Waals surface area contributed by atoms with Gasteiger partial charge in [-0.25, -0.2) is 4.79 Å². The minimum Gasteiger partial charge on any atom is -0.445 e. The number of alkyl carbamates (subject to hydrolysis) is 1. The molecule has 1 aromatic carbocycles. The molecule has 1 aliphatic rings. The molecule has 0 heterocycles. The fraction of sp³-hybridized carbons (Fsp3) is 0.588. The Balaban J connectivity index is 1.98. The van der Waals surface area contributed by atoms with E-state index in [1.165, 1.54) is 0 Å². The Kier molecular flexibility index (Phi) is 4.57. The van der Waals surface area contributed by atoms with Crippen molar-refractivity contribution in [3.63, 3.8) is 0 Å². The molecule has 21 heavy (non-hydrogen) atoms. The molecule has 1 aliphatic carbocycles. The summed E-state index contributed by atoms with van der Waals surface area (Å²) in [6.45, 7) is 7.28. The first-order valence-corrected chi connectivity index (χ1v) is 7.60. The van der Waals surface area contributed by atoms with E-state index in [2.05, 4.69) is 26.1 Å². The van der Waals surface area contributed by atoms with E-state index in [1.807, 2.05) is 30.3 Å². The Morgan fingerprint density at radius 1 is 1.38 bits per heavy atom. The summed E-state index contributed by atoms with van der Waals surface area (Å²) in [4.78, 5) is 12.1. The number of rotatable bonds is 4. The van der Waals surface area contributed by atoms with Gasteiger partial charge in [-0.1, -0.05) is 51.1 Å². The molecule has 1 aromatic rings. The fourth-order valence-electron chi connectivity index (χ4n) is 3.21. The number of amides is 1. The lowest BCUT2D eigenvalue weighted by molar-refractivity contribution is 0.0903. The van der Waals surface area contributed by atoms with Crippen molar-refractivity contribution < 1.29 is 9.53 Å². The Morgan fingerprint density at radius 2 is 2.05 bits per heavy atom. The number of carbonyl (C=O) groups is 1. The highest BCUT2D eigenvalue weighted by Gasteiger charge is 2.53.